The van der Waals surface area contributed by atoms with Crippen molar-refractivity contribution < 1.29 is 9.53 Å². The third-order valence-electron chi connectivity index (χ3n) is 2.52. The maximum atomic E-state index is 11.1. The number of carbonyl (C=O) groups is 1. The van der Waals surface area contributed by atoms with Crippen LogP contribution < -0.4 is 4.74 Å². The van der Waals surface area contributed by atoms with Gasteiger partial charge in [0.15, 0.2) is 0 Å². The molecular formula is C10H12N2O2. The summed E-state index contributed by atoms with van der Waals surface area (Å²) in [7, 11) is 1.57. The van der Waals surface area contributed by atoms with E-state index in [1.807, 2.05) is 0 Å². The average Bonchev–Trinajstić information content (AvgIpc) is 2.65. The number of ether oxygens (including phenoxy) is 1. The second-order valence-electron chi connectivity index (χ2n) is 3.43. The van der Waals surface area contributed by atoms with Gasteiger partial charge in [-0.1, -0.05) is 0 Å². The lowest BCUT2D eigenvalue weighted by atomic mass is 10.0. The Bertz CT molecular complexity index is 352. The molecule has 0 saturated heterocycles. The quantitative estimate of drug-likeness (QED) is 0.709. The van der Waals surface area contributed by atoms with E-state index in [4.69, 9.17) is 4.74 Å². The molecule has 0 amide bonds. The summed E-state index contributed by atoms with van der Waals surface area (Å²) in [6, 6.07) is 0. The Kier molecular flexibility index (Phi) is 2.43. The molecule has 4 nitrogen and oxygen atoms in total. The highest BCUT2D eigenvalue weighted by atomic mass is 16.5. The number of carbonyl (C=O) groups excluding carboxylic acids is 1. The molecule has 1 saturated carbocycles. The number of rotatable bonds is 2. The van der Waals surface area contributed by atoms with E-state index in [9.17, 15) is 4.79 Å². The SMILES string of the molecule is COc1nccnc1C1CCC(=O)C1. The third-order valence-corrected chi connectivity index (χ3v) is 2.52. The number of Topliss-reactive ketones (excluding diaryl/α,β-unsaturated/α-hetero) is 1. The molecule has 0 spiro atoms. The summed E-state index contributed by atoms with van der Waals surface area (Å²) in [6.45, 7) is 0. The number of hydrogen-bond acceptors (Lipinski definition) is 4. The van der Waals surface area contributed by atoms with Crippen LogP contribution in [0.25, 0.3) is 0 Å². The molecule has 1 aliphatic rings. The molecule has 1 unspecified atom stereocenters. The number of aromatic nitrogens is 2. The van der Waals surface area contributed by atoms with E-state index < -0.39 is 0 Å². The van der Waals surface area contributed by atoms with E-state index in [-0.39, 0.29) is 5.92 Å². The maximum Gasteiger partial charge on any atom is 0.235 e. The fourth-order valence-corrected chi connectivity index (χ4v) is 1.82. The first-order valence-corrected chi connectivity index (χ1v) is 4.68. The first-order valence-electron chi connectivity index (χ1n) is 4.68. The van der Waals surface area contributed by atoms with Crippen LogP contribution in [0.2, 0.25) is 0 Å². The van der Waals surface area contributed by atoms with Gasteiger partial charge in [0.25, 0.3) is 0 Å². The summed E-state index contributed by atoms with van der Waals surface area (Å²) >= 11 is 0. The molecule has 1 heterocycles. The van der Waals surface area contributed by atoms with Crippen molar-refractivity contribution >= 4 is 5.78 Å². The van der Waals surface area contributed by atoms with Gasteiger partial charge in [-0.05, 0) is 6.42 Å². The van der Waals surface area contributed by atoms with Crippen LogP contribution in [0.4, 0.5) is 0 Å². The Morgan fingerprint density at radius 3 is 2.86 bits per heavy atom. The van der Waals surface area contributed by atoms with Gasteiger partial charge in [0.05, 0.1) is 7.11 Å². The fourth-order valence-electron chi connectivity index (χ4n) is 1.82. The number of nitrogens with zero attached hydrogens (tertiary/aromatic N) is 2. The van der Waals surface area contributed by atoms with Crippen molar-refractivity contribution in [2.24, 2.45) is 0 Å². The lowest BCUT2D eigenvalue weighted by molar-refractivity contribution is -0.117. The van der Waals surface area contributed by atoms with E-state index in [0.717, 1.165) is 12.1 Å². The van der Waals surface area contributed by atoms with E-state index in [2.05, 4.69) is 9.97 Å². The van der Waals surface area contributed by atoms with Crippen LogP contribution in [0, 0.1) is 0 Å². The van der Waals surface area contributed by atoms with Crippen molar-refractivity contribution in [2.75, 3.05) is 7.11 Å². The zero-order valence-electron chi connectivity index (χ0n) is 8.06. The molecule has 4 heteroatoms. The van der Waals surface area contributed by atoms with Gasteiger partial charge in [-0.2, -0.15) is 0 Å². The molecule has 0 aromatic carbocycles. The Balaban J connectivity index is 2.27. The fraction of sp³-hybridized carbons (Fsp3) is 0.500. The Morgan fingerprint density at radius 1 is 1.43 bits per heavy atom. The molecular weight excluding hydrogens is 180 g/mol. The molecule has 2 rings (SSSR count). The molecule has 1 atom stereocenters. The Hall–Kier alpha value is -1.45. The largest absolute Gasteiger partial charge is 0.480 e. The smallest absolute Gasteiger partial charge is 0.235 e. The normalized spacial score (nSPS) is 21.2. The van der Waals surface area contributed by atoms with Gasteiger partial charge < -0.3 is 4.74 Å². The highest BCUT2D eigenvalue weighted by Crippen LogP contribution is 2.34. The number of hydrogen-bond donors (Lipinski definition) is 0. The highest BCUT2D eigenvalue weighted by molar-refractivity contribution is 5.81. The van der Waals surface area contributed by atoms with Crippen molar-refractivity contribution in [3.63, 3.8) is 0 Å². The minimum absolute atomic E-state index is 0.200. The molecule has 1 aliphatic carbocycles. The predicted octanol–water partition coefficient (Wildman–Crippen LogP) is 1.32. The van der Waals surface area contributed by atoms with E-state index in [1.54, 1.807) is 19.5 Å². The lowest BCUT2D eigenvalue weighted by Crippen LogP contribution is -2.02. The zero-order valence-corrected chi connectivity index (χ0v) is 8.06. The number of methoxy groups -OCH3 is 1. The van der Waals surface area contributed by atoms with Crippen LogP contribution in [-0.4, -0.2) is 22.9 Å². The Morgan fingerprint density at radius 2 is 2.21 bits per heavy atom. The monoisotopic (exact) mass is 192 g/mol. The van der Waals surface area contributed by atoms with Gasteiger partial charge >= 0.3 is 0 Å². The molecule has 1 aromatic heterocycles. The molecule has 1 aromatic rings. The van der Waals surface area contributed by atoms with Crippen molar-refractivity contribution in [3.05, 3.63) is 18.1 Å². The van der Waals surface area contributed by atoms with Crippen molar-refractivity contribution in [1.82, 2.24) is 9.97 Å². The van der Waals surface area contributed by atoms with E-state index in [0.29, 0.717) is 24.5 Å². The van der Waals surface area contributed by atoms with Crippen LogP contribution in [-0.2, 0) is 4.79 Å². The maximum absolute atomic E-state index is 11.1. The molecule has 0 radical (unpaired) electrons. The standard InChI is InChI=1S/C10H12N2O2/c1-14-10-9(11-4-5-12-10)7-2-3-8(13)6-7/h4-5,7H,2-3,6H2,1H3. The average molecular weight is 192 g/mol. The van der Waals surface area contributed by atoms with Crippen LogP contribution in [0.3, 0.4) is 0 Å². The highest BCUT2D eigenvalue weighted by Gasteiger charge is 2.27. The van der Waals surface area contributed by atoms with Crippen molar-refractivity contribution in [1.29, 1.82) is 0 Å². The van der Waals surface area contributed by atoms with Gasteiger partial charge in [0.2, 0.25) is 5.88 Å². The van der Waals surface area contributed by atoms with Gasteiger partial charge in [-0.25, -0.2) is 4.98 Å². The second kappa shape index (κ2) is 3.74. The molecule has 74 valence electrons. The minimum Gasteiger partial charge on any atom is -0.480 e. The van der Waals surface area contributed by atoms with Crippen LogP contribution in [0.1, 0.15) is 30.9 Å². The predicted molar refractivity (Wildman–Crippen MR) is 50.2 cm³/mol. The molecule has 1 fully saturated rings. The molecule has 0 bridgehead atoms. The summed E-state index contributed by atoms with van der Waals surface area (Å²) < 4.78 is 5.11. The molecule has 0 N–H and O–H groups in total. The summed E-state index contributed by atoms with van der Waals surface area (Å²) in [4.78, 5) is 19.4. The van der Waals surface area contributed by atoms with Gasteiger partial charge in [0, 0.05) is 31.2 Å². The summed E-state index contributed by atoms with van der Waals surface area (Å²) in [6.07, 6.45) is 5.34. The molecule has 0 aliphatic heterocycles. The van der Waals surface area contributed by atoms with Crippen LogP contribution in [0.15, 0.2) is 12.4 Å². The first kappa shape index (κ1) is 9.12. The topological polar surface area (TPSA) is 52.1 Å². The number of ketones is 1. The zero-order chi connectivity index (χ0) is 9.97. The summed E-state index contributed by atoms with van der Waals surface area (Å²) in [5.74, 6) is 1.06. The third kappa shape index (κ3) is 1.60. The van der Waals surface area contributed by atoms with Crippen LogP contribution in [0.5, 0.6) is 5.88 Å². The van der Waals surface area contributed by atoms with E-state index in [1.165, 1.54) is 0 Å². The van der Waals surface area contributed by atoms with Crippen molar-refractivity contribution in [3.8, 4) is 5.88 Å². The first-order chi connectivity index (χ1) is 6.81. The second-order valence-corrected chi connectivity index (χ2v) is 3.43. The Labute approximate surface area is 82.3 Å². The van der Waals surface area contributed by atoms with Gasteiger partial charge in [0.1, 0.15) is 11.5 Å². The van der Waals surface area contributed by atoms with Crippen molar-refractivity contribution in [2.45, 2.75) is 25.2 Å². The van der Waals surface area contributed by atoms with Gasteiger partial charge in [-0.3, -0.25) is 9.78 Å². The minimum atomic E-state index is 0.200. The summed E-state index contributed by atoms with van der Waals surface area (Å²) in [5, 5.41) is 0. The van der Waals surface area contributed by atoms with E-state index >= 15 is 0 Å². The van der Waals surface area contributed by atoms with Gasteiger partial charge in [-0.15, -0.1) is 0 Å². The van der Waals surface area contributed by atoms with Crippen LogP contribution >= 0.6 is 0 Å². The molecule has 14 heavy (non-hydrogen) atoms. The lowest BCUT2D eigenvalue weighted by Gasteiger charge is -2.10. The summed E-state index contributed by atoms with van der Waals surface area (Å²) in [5.41, 5.74) is 0.820.